The monoisotopic (exact) mass is 917 g/mol. The zero-order chi connectivity index (χ0) is 42.8. The van der Waals surface area contributed by atoms with Crippen LogP contribution in [0.4, 0.5) is 30.7 Å². The summed E-state index contributed by atoms with van der Waals surface area (Å²) >= 11 is 3.05. The van der Waals surface area contributed by atoms with Gasteiger partial charge in [0.2, 0.25) is 11.8 Å². The number of hydrogen-bond donors (Lipinski definition) is 3. The Morgan fingerprint density at radius 1 is 0.719 bits per heavy atom. The van der Waals surface area contributed by atoms with Crippen molar-refractivity contribution in [2.24, 2.45) is 16.0 Å². The van der Waals surface area contributed by atoms with Gasteiger partial charge in [0.05, 0.1) is 0 Å². The van der Waals surface area contributed by atoms with Gasteiger partial charge in [0.25, 0.3) is 5.91 Å². The third-order valence-electron chi connectivity index (χ3n) is 8.67. The topological polar surface area (TPSA) is 197 Å². The predicted octanol–water partition coefficient (Wildman–Crippen LogP) is 7.25. The lowest BCUT2D eigenvalue weighted by molar-refractivity contribution is -0.166. The van der Waals surface area contributed by atoms with Crippen molar-refractivity contribution >= 4 is 48.8 Å². The van der Waals surface area contributed by atoms with Gasteiger partial charge in [-0.25, -0.2) is 0 Å². The molecule has 0 saturated carbocycles. The van der Waals surface area contributed by atoms with Crippen LogP contribution in [0, 0.1) is 0 Å². The fourth-order valence-corrected chi connectivity index (χ4v) is 8.03. The van der Waals surface area contributed by atoms with E-state index >= 15 is 8.78 Å². The number of alkyl halides is 7. The van der Waals surface area contributed by atoms with Crippen molar-refractivity contribution in [3.05, 3.63) is 105 Å². The van der Waals surface area contributed by atoms with E-state index in [1.807, 2.05) is 0 Å². The molecular formula is C33H33BrF7N5O9P2. The summed E-state index contributed by atoms with van der Waals surface area (Å²) in [6.45, 7) is 0. The van der Waals surface area contributed by atoms with Crippen LogP contribution in [0.1, 0.15) is 38.2 Å². The van der Waals surface area contributed by atoms with E-state index < -0.39 is 103 Å². The van der Waals surface area contributed by atoms with Crippen molar-refractivity contribution < 1.29 is 72.3 Å². The Labute approximate surface area is 328 Å². The zero-order valence-electron chi connectivity index (χ0n) is 30.0. The molecule has 57 heavy (non-hydrogen) atoms. The van der Waals surface area contributed by atoms with Crippen LogP contribution in [0.3, 0.4) is 0 Å². The van der Waals surface area contributed by atoms with Crippen molar-refractivity contribution in [2.75, 3.05) is 28.4 Å². The molecule has 0 radical (unpaired) electrons. The molecule has 0 aromatic heterocycles. The lowest BCUT2D eigenvalue weighted by atomic mass is 9.99. The van der Waals surface area contributed by atoms with Crippen LogP contribution >= 0.6 is 31.1 Å². The highest BCUT2D eigenvalue weighted by molar-refractivity contribution is 9.10. The molecule has 0 fully saturated rings. The number of carbonyl (C=O) groups excluding carboxylic acids is 3. The van der Waals surface area contributed by atoms with Gasteiger partial charge in [-0.3, -0.25) is 23.5 Å². The summed E-state index contributed by atoms with van der Waals surface area (Å²) in [6, 6.07) is 7.70. The molecule has 1 aliphatic rings. The maximum Gasteiger partial charge on any atom is 0.442 e. The summed E-state index contributed by atoms with van der Waals surface area (Å²) < 4.78 is 144. The van der Waals surface area contributed by atoms with Gasteiger partial charge in [0.15, 0.2) is 0 Å². The highest BCUT2D eigenvalue weighted by atomic mass is 79.9. The molecule has 310 valence electrons. The van der Waals surface area contributed by atoms with Crippen LogP contribution in [0.15, 0.2) is 81.4 Å². The van der Waals surface area contributed by atoms with Gasteiger partial charge >= 0.3 is 38.4 Å². The molecule has 0 unspecified atom stereocenters. The molecule has 3 aromatic carbocycles. The molecule has 1 aliphatic heterocycles. The van der Waals surface area contributed by atoms with Gasteiger partial charge in [0, 0.05) is 68.0 Å². The molecule has 14 nitrogen and oxygen atoms in total. The van der Waals surface area contributed by atoms with Crippen LogP contribution in [0.2, 0.25) is 0 Å². The SMILES string of the molecule is COP(=O)(OC)C(F)(F)c1ccc(C[C@H](NC(=O)[C@H](Cc2ccc(C(F)(F)P(=O)(OC)OC)cc2)NC(=O)c2cc(Br)cc(C3(C(F)(F)F)N=N3)c2)C(N)=O)cc1. The molecule has 0 spiro atoms. The molecule has 3 aromatic rings. The van der Waals surface area contributed by atoms with Crippen LogP contribution < -0.4 is 16.4 Å². The number of nitrogens with zero attached hydrogens (tertiary/aromatic N) is 2. The van der Waals surface area contributed by atoms with Crippen molar-refractivity contribution in [2.45, 2.75) is 48.1 Å². The summed E-state index contributed by atoms with van der Waals surface area (Å²) in [6.07, 6.45) is -5.83. The normalized spacial score (nSPS) is 15.4. The molecule has 4 N–H and O–H groups in total. The van der Waals surface area contributed by atoms with Gasteiger partial charge in [-0.15, -0.1) is 10.2 Å². The first-order chi connectivity index (χ1) is 26.4. The van der Waals surface area contributed by atoms with E-state index in [1.165, 1.54) is 0 Å². The molecule has 4 rings (SSSR count). The third-order valence-corrected chi connectivity index (χ3v) is 12.9. The Kier molecular flexibility index (Phi) is 13.7. The molecule has 0 aliphatic carbocycles. The Hall–Kier alpha value is -4.04. The summed E-state index contributed by atoms with van der Waals surface area (Å²) in [4.78, 5) is 39.8. The largest absolute Gasteiger partial charge is 0.442 e. The van der Waals surface area contributed by atoms with Gasteiger partial charge in [0.1, 0.15) is 12.1 Å². The van der Waals surface area contributed by atoms with Crippen LogP contribution in [-0.4, -0.2) is 64.4 Å². The second kappa shape index (κ2) is 17.1. The number of benzene rings is 3. The van der Waals surface area contributed by atoms with Crippen molar-refractivity contribution in [1.82, 2.24) is 10.6 Å². The predicted molar refractivity (Wildman–Crippen MR) is 190 cm³/mol. The number of rotatable bonds is 18. The van der Waals surface area contributed by atoms with Crippen LogP contribution in [-0.2, 0) is 66.6 Å². The van der Waals surface area contributed by atoms with Crippen molar-refractivity contribution in [3.8, 4) is 0 Å². The average molecular weight is 918 g/mol. The first-order valence-corrected chi connectivity index (χ1v) is 19.9. The maximum atomic E-state index is 15.1. The minimum Gasteiger partial charge on any atom is -0.368 e. The van der Waals surface area contributed by atoms with E-state index in [-0.39, 0.29) is 15.6 Å². The number of carbonyl (C=O) groups is 3. The average Bonchev–Trinajstić information content (AvgIpc) is 4.00. The Morgan fingerprint density at radius 2 is 1.14 bits per heavy atom. The number of hydrogen-bond acceptors (Lipinski definition) is 11. The fraction of sp³-hybridized carbons (Fsp3) is 0.364. The minimum atomic E-state index is -4.97. The standard InChI is InChI=1S/C33H33BrF7N5O9P2/c1-52-56(50,53-2)31(35,36)21-9-5-18(6-10-21)13-25(27(42)47)43-29(49)26(14-19-7-11-22(12-8-19)32(37,38)57(51,54-3)55-4)44-28(48)20-15-23(17-24(34)16-20)30(45-46-30)33(39,40)41/h5-12,15-17,25-26H,13-14H2,1-4H3,(H2,42,47)(H,43,49)(H,44,48)/t25-,26-/m0/s1. The van der Waals surface area contributed by atoms with Crippen molar-refractivity contribution in [3.63, 3.8) is 0 Å². The first-order valence-electron chi connectivity index (χ1n) is 16.0. The lowest BCUT2D eigenvalue weighted by Crippen LogP contribution is -2.54. The van der Waals surface area contributed by atoms with E-state index in [0.717, 1.165) is 95.2 Å². The number of nitrogens with one attached hydrogen (secondary N) is 2. The molecule has 2 atom stereocenters. The minimum absolute atomic E-state index is 0.0119. The maximum absolute atomic E-state index is 15.1. The van der Waals surface area contributed by atoms with Crippen LogP contribution in [0.5, 0.6) is 0 Å². The molecule has 3 amide bonds. The van der Waals surface area contributed by atoms with Gasteiger partial charge in [-0.2, -0.15) is 30.7 Å². The van der Waals surface area contributed by atoms with E-state index in [1.54, 1.807) is 0 Å². The van der Waals surface area contributed by atoms with Gasteiger partial charge in [-0.05, 0) is 29.3 Å². The van der Waals surface area contributed by atoms with Gasteiger partial charge in [-0.1, -0.05) is 64.5 Å². The third kappa shape index (κ3) is 9.32. The summed E-state index contributed by atoms with van der Waals surface area (Å²) in [5.74, 6) is -3.32. The Bertz CT molecular complexity index is 2110. The highest BCUT2D eigenvalue weighted by Crippen LogP contribution is 2.66. The van der Waals surface area contributed by atoms with Crippen molar-refractivity contribution in [1.29, 1.82) is 0 Å². The second-order valence-electron chi connectivity index (χ2n) is 12.2. The first kappa shape index (κ1) is 45.7. The summed E-state index contributed by atoms with van der Waals surface area (Å²) in [7, 11) is -6.80. The van der Waals surface area contributed by atoms with E-state index in [4.69, 9.17) is 5.73 Å². The second-order valence-corrected chi connectivity index (χ2v) is 17.7. The number of primary amides is 1. The van der Waals surface area contributed by atoms with E-state index in [0.29, 0.717) is 0 Å². The number of nitrogens with two attached hydrogens (primary N) is 1. The molecule has 0 saturated heterocycles. The lowest BCUT2D eigenvalue weighted by Gasteiger charge is -2.25. The van der Waals surface area contributed by atoms with E-state index in [2.05, 4.69) is 54.9 Å². The zero-order valence-corrected chi connectivity index (χ0v) is 33.4. The molecule has 0 bridgehead atoms. The van der Waals surface area contributed by atoms with Gasteiger partial charge < -0.3 is 34.5 Å². The fourth-order valence-electron chi connectivity index (χ4n) is 5.39. The number of halogens is 8. The summed E-state index contributed by atoms with van der Waals surface area (Å²) in [5.41, 5.74) is -7.79. The molecular weight excluding hydrogens is 885 g/mol. The quantitative estimate of drug-likeness (QED) is 0.0869. The molecule has 1 heterocycles. The Balaban J connectivity index is 1.64. The molecule has 24 heteroatoms. The number of amides is 3. The summed E-state index contributed by atoms with van der Waals surface area (Å²) in [5, 5.41) is 10.9. The van der Waals surface area contributed by atoms with E-state index in [9.17, 15) is 45.5 Å². The Morgan fingerprint density at radius 3 is 1.51 bits per heavy atom. The smallest absolute Gasteiger partial charge is 0.368 e. The highest BCUT2D eigenvalue weighted by Gasteiger charge is 2.65. The van der Waals surface area contributed by atoms with Crippen LogP contribution in [0.25, 0.3) is 0 Å².